The molecule has 0 saturated carbocycles. The van der Waals surface area contributed by atoms with E-state index in [9.17, 15) is 21.6 Å². The van der Waals surface area contributed by atoms with Crippen LogP contribution in [0.2, 0.25) is 0 Å². The molecule has 1 aromatic rings. The van der Waals surface area contributed by atoms with Crippen molar-refractivity contribution in [1.82, 2.24) is 0 Å². The van der Waals surface area contributed by atoms with Gasteiger partial charge >= 0.3 is 6.18 Å². The van der Waals surface area contributed by atoms with Crippen molar-refractivity contribution in [1.29, 1.82) is 0 Å². The lowest BCUT2D eigenvalue weighted by atomic mass is 10.0. The Bertz CT molecular complexity index is 516. The molecule has 0 aliphatic heterocycles. The van der Waals surface area contributed by atoms with Crippen LogP contribution in [0.3, 0.4) is 0 Å². The van der Waals surface area contributed by atoms with Gasteiger partial charge in [0.1, 0.15) is 0 Å². The third-order valence-electron chi connectivity index (χ3n) is 2.38. The van der Waals surface area contributed by atoms with Crippen molar-refractivity contribution in [2.24, 2.45) is 0 Å². The fraction of sp³-hybridized carbons (Fsp3) is 0.455. The summed E-state index contributed by atoms with van der Waals surface area (Å²) in [6.07, 6.45) is -3.89. The molecule has 0 fully saturated rings. The van der Waals surface area contributed by atoms with Crippen LogP contribution in [-0.4, -0.2) is 14.7 Å². The van der Waals surface area contributed by atoms with E-state index in [2.05, 4.69) is 0 Å². The second-order valence-corrected chi connectivity index (χ2v) is 6.16. The van der Waals surface area contributed by atoms with Crippen molar-refractivity contribution in [2.45, 2.75) is 30.8 Å². The molecular formula is C11H13F3O2S. The molecule has 0 spiro atoms. The van der Waals surface area contributed by atoms with Gasteiger partial charge in [0.2, 0.25) is 0 Å². The Kier molecular flexibility index (Phi) is 3.57. The van der Waals surface area contributed by atoms with Crippen LogP contribution in [0.1, 0.15) is 30.9 Å². The molecule has 96 valence electrons. The van der Waals surface area contributed by atoms with Gasteiger partial charge in [-0.1, -0.05) is 19.9 Å². The fourth-order valence-electron chi connectivity index (χ4n) is 1.45. The number of hydrogen-bond donors (Lipinski definition) is 0. The molecule has 0 atom stereocenters. The average molecular weight is 266 g/mol. The molecule has 0 aliphatic rings. The summed E-state index contributed by atoms with van der Waals surface area (Å²) in [4.78, 5) is -0.672. The second-order valence-electron chi connectivity index (χ2n) is 4.18. The van der Waals surface area contributed by atoms with Crippen molar-refractivity contribution >= 4 is 9.84 Å². The molecule has 2 nitrogen and oxygen atoms in total. The zero-order valence-corrected chi connectivity index (χ0v) is 10.5. The summed E-state index contributed by atoms with van der Waals surface area (Å²) in [5, 5.41) is 0. The van der Waals surface area contributed by atoms with Crippen LogP contribution >= 0.6 is 0 Å². The van der Waals surface area contributed by atoms with Gasteiger partial charge in [-0.15, -0.1) is 0 Å². The third kappa shape index (κ3) is 3.21. The Hall–Kier alpha value is -1.04. The van der Waals surface area contributed by atoms with Gasteiger partial charge in [0.25, 0.3) is 0 Å². The molecular weight excluding hydrogens is 253 g/mol. The standard InChI is InChI=1S/C11H13F3O2S/c1-7(2)8-4-5-10(17(3,15)16)9(6-8)11(12,13)14/h4-7H,1-3H3. The Morgan fingerprint density at radius 3 is 2.06 bits per heavy atom. The van der Waals surface area contributed by atoms with Crippen molar-refractivity contribution < 1.29 is 21.6 Å². The van der Waals surface area contributed by atoms with Gasteiger partial charge in [-0.05, 0) is 23.6 Å². The molecule has 6 heteroatoms. The lowest BCUT2D eigenvalue weighted by Gasteiger charge is -2.14. The maximum Gasteiger partial charge on any atom is 0.417 e. The van der Waals surface area contributed by atoms with E-state index in [1.807, 2.05) is 0 Å². The van der Waals surface area contributed by atoms with Crippen molar-refractivity contribution in [3.05, 3.63) is 29.3 Å². The molecule has 1 aromatic carbocycles. The van der Waals surface area contributed by atoms with Gasteiger partial charge < -0.3 is 0 Å². The summed E-state index contributed by atoms with van der Waals surface area (Å²) < 4.78 is 60.8. The number of sulfone groups is 1. The van der Waals surface area contributed by atoms with Crippen LogP contribution in [0.5, 0.6) is 0 Å². The Balaban J connectivity index is 3.55. The Morgan fingerprint density at radius 2 is 1.71 bits per heavy atom. The summed E-state index contributed by atoms with van der Waals surface area (Å²) in [5.74, 6) is -0.0929. The van der Waals surface area contributed by atoms with E-state index >= 15 is 0 Å². The molecule has 0 heterocycles. The molecule has 0 unspecified atom stereocenters. The molecule has 1 rings (SSSR count). The van der Waals surface area contributed by atoms with Gasteiger partial charge in [0, 0.05) is 6.26 Å². The van der Waals surface area contributed by atoms with Gasteiger partial charge in [0.15, 0.2) is 9.84 Å². The van der Waals surface area contributed by atoms with Crippen molar-refractivity contribution in [3.8, 4) is 0 Å². The van der Waals surface area contributed by atoms with E-state index in [0.717, 1.165) is 18.4 Å². The van der Waals surface area contributed by atoms with E-state index in [0.29, 0.717) is 5.56 Å². The van der Waals surface area contributed by atoms with Crippen molar-refractivity contribution in [3.63, 3.8) is 0 Å². The van der Waals surface area contributed by atoms with Crippen LogP contribution in [0.25, 0.3) is 0 Å². The maximum absolute atomic E-state index is 12.8. The minimum atomic E-state index is -4.66. The SMILES string of the molecule is CC(C)c1ccc(S(C)(=O)=O)c(C(F)(F)F)c1. The second kappa shape index (κ2) is 4.33. The van der Waals surface area contributed by atoms with E-state index in [4.69, 9.17) is 0 Å². The molecule has 0 amide bonds. The van der Waals surface area contributed by atoms with Gasteiger partial charge in [-0.2, -0.15) is 13.2 Å². The highest BCUT2D eigenvalue weighted by Gasteiger charge is 2.36. The normalized spacial score (nSPS) is 13.1. The molecule has 0 radical (unpaired) electrons. The number of halogens is 3. The smallest absolute Gasteiger partial charge is 0.224 e. The minimum Gasteiger partial charge on any atom is -0.224 e. The topological polar surface area (TPSA) is 34.1 Å². The summed E-state index contributed by atoms with van der Waals surface area (Å²) in [6.45, 7) is 3.49. The minimum absolute atomic E-state index is 0.0929. The molecule has 0 aliphatic carbocycles. The first-order chi connectivity index (χ1) is 7.53. The number of benzene rings is 1. The van der Waals surface area contributed by atoms with E-state index in [-0.39, 0.29) is 5.92 Å². The van der Waals surface area contributed by atoms with Crippen LogP contribution in [-0.2, 0) is 16.0 Å². The Morgan fingerprint density at radius 1 is 1.18 bits per heavy atom. The van der Waals surface area contributed by atoms with Crippen LogP contribution < -0.4 is 0 Å². The molecule has 0 bridgehead atoms. The first kappa shape index (κ1) is 14.0. The van der Waals surface area contributed by atoms with Crippen LogP contribution in [0.15, 0.2) is 23.1 Å². The highest BCUT2D eigenvalue weighted by Crippen LogP contribution is 2.35. The maximum atomic E-state index is 12.8. The van der Waals surface area contributed by atoms with Crippen LogP contribution in [0.4, 0.5) is 13.2 Å². The summed E-state index contributed by atoms with van der Waals surface area (Å²) in [7, 11) is -3.88. The van der Waals surface area contributed by atoms with Gasteiger partial charge in [-0.3, -0.25) is 0 Å². The predicted molar refractivity (Wildman–Crippen MR) is 58.6 cm³/mol. The first-order valence-electron chi connectivity index (χ1n) is 4.94. The first-order valence-corrected chi connectivity index (χ1v) is 6.84. The number of hydrogen-bond acceptors (Lipinski definition) is 2. The average Bonchev–Trinajstić information content (AvgIpc) is 2.14. The Labute approximate surface area is 98.4 Å². The largest absolute Gasteiger partial charge is 0.417 e. The number of rotatable bonds is 2. The van der Waals surface area contributed by atoms with Gasteiger partial charge in [0.05, 0.1) is 10.5 Å². The summed E-state index contributed by atoms with van der Waals surface area (Å²) in [5.41, 5.74) is -0.629. The molecule has 17 heavy (non-hydrogen) atoms. The monoisotopic (exact) mass is 266 g/mol. The summed E-state index contributed by atoms with van der Waals surface area (Å²) in [6, 6.07) is 3.34. The molecule has 0 saturated heterocycles. The summed E-state index contributed by atoms with van der Waals surface area (Å²) >= 11 is 0. The highest BCUT2D eigenvalue weighted by atomic mass is 32.2. The third-order valence-corrected chi connectivity index (χ3v) is 3.53. The zero-order chi connectivity index (χ0) is 13.4. The highest BCUT2D eigenvalue weighted by molar-refractivity contribution is 7.90. The van der Waals surface area contributed by atoms with Crippen molar-refractivity contribution in [2.75, 3.05) is 6.26 Å². The zero-order valence-electron chi connectivity index (χ0n) is 9.67. The van der Waals surface area contributed by atoms with E-state index < -0.39 is 26.5 Å². The fourth-order valence-corrected chi connectivity index (χ4v) is 2.34. The number of alkyl halides is 3. The lowest BCUT2D eigenvalue weighted by molar-refractivity contribution is -0.139. The van der Waals surface area contributed by atoms with E-state index in [1.54, 1.807) is 13.8 Å². The van der Waals surface area contributed by atoms with Crippen LogP contribution in [0, 0.1) is 0 Å². The van der Waals surface area contributed by atoms with E-state index in [1.165, 1.54) is 6.07 Å². The molecule has 0 aromatic heterocycles. The quantitative estimate of drug-likeness (QED) is 0.823. The lowest BCUT2D eigenvalue weighted by Crippen LogP contribution is -2.13. The molecule has 0 N–H and O–H groups in total. The van der Waals surface area contributed by atoms with Gasteiger partial charge in [-0.25, -0.2) is 8.42 Å². The predicted octanol–water partition coefficient (Wildman–Crippen LogP) is 3.23.